The number of hydrogen-bond donors (Lipinski definition) is 1. The summed E-state index contributed by atoms with van der Waals surface area (Å²) in [7, 11) is 0. The molecule has 1 aromatic heterocycles. The van der Waals surface area contributed by atoms with Crippen LogP contribution in [0.15, 0.2) is 66.9 Å². The van der Waals surface area contributed by atoms with Gasteiger partial charge in [-0.2, -0.15) is 0 Å². The fraction of sp³-hybridized carbons (Fsp3) is 0. The Hall–Kier alpha value is -2.88. The smallest absolute Gasteiger partial charge is 0.410 e. The number of nitrogens with zero attached hydrogens (tertiary/aromatic N) is 1. The lowest BCUT2D eigenvalue weighted by Crippen LogP contribution is -2.17. The molecule has 0 atom stereocenters. The quantitative estimate of drug-likeness (QED) is 0.765. The molecule has 3 rings (SSSR count). The Morgan fingerprint density at radius 3 is 2.55 bits per heavy atom. The van der Waals surface area contributed by atoms with Gasteiger partial charge in [0.1, 0.15) is 11.6 Å². The van der Waals surface area contributed by atoms with E-state index in [1.165, 1.54) is 0 Å². The minimum atomic E-state index is -0.556. The molecular formula is C16H12N2O2. The summed E-state index contributed by atoms with van der Waals surface area (Å²) in [5.41, 5.74) is 0. The number of nitrogens with one attached hydrogen (secondary N) is 1. The number of carbonyl (C=O) groups excluding carboxylic acids is 1. The largest absolute Gasteiger partial charge is 0.418 e. The third-order valence-electron chi connectivity index (χ3n) is 2.85. The van der Waals surface area contributed by atoms with E-state index in [-0.39, 0.29) is 0 Å². The Morgan fingerprint density at radius 2 is 1.70 bits per heavy atom. The standard InChI is InChI=1S/C16H12N2O2/c19-16(20-13-7-2-1-3-8-13)18-15-14-9-5-4-6-12(14)10-11-17-15/h1-11H,(H,17,18,19). The van der Waals surface area contributed by atoms with Crippen LogP contribution in [0, 0.1) is 0 Å². The van der Waals surface area contributed by atoms with Crippen molar-refractivity contribution >= 4 is 22.7 Å². The van der Waals surface area contributed by atoms with Crippen LogP contribution in [-0.2, 0) is 0 Å². The van der Waals surface area contributed by atoms with Crippen molar-refractivity contribution in [3.8, 4) is 5.75 Å². The van der Waals surface area contributed by atoms with Crippen LogP contribution in [0.5, 0.6) is 5.75 Å². The molecule has 0 saturated heterocycles. The first-order chi connectivity index (χ1) is 9.83. The fourth-order valence-corrected chi connectivity index (χ4v) is 1.94. The molecule has 0 aliphatic rings. The molecule has 1 amide bonds. The molecule has 4 nitrogen and oxygen atoms in total. The van der Waals surface area contributed by atoms with Gasteiger partial charge in [0.2, 0.25) is 0 Å². The average Bonchev–Trinajstić information content (AvgIpc) is 2.48. The van der Waals surface area contributed by atoms with E-state index in [4.69, 9.17) is 4.74 Å². The maximum atomic E-state index is 11.9. The second kappa shape index (κ2) is 5.40. The highest BCUT2D eigenvalue weighted by atomic mass is 16.6. The van der Waals surface area contributed by atoms with Crippen LogP contribution in [0.2, 0.25) is 0 Å². The molecule has 98 valence electrons. The molecule has 0 saturated carbocycles. The first kappa shape index (κ1) is 12.2. The molecule has 0 bridgehead atoms. The van der Waals surface area contributed by atoms with Crippen LogP contribution in [0.1, 0.15) is 0 Å². The lowest BCUT2D eigenvalue weighted by Gasteiger charge is -2.08. The van der Waals surface area contributed by atoms with Gasteiger partial charge in [0.25, 0.3) is 0 Å². The molecule has 20 heavy (non-hydrogen) atoms. The van der Waals surface area contributed by atoms with Gasteiger partial charge >= 0.3 is 6.09 Å². The summed E-state index contributed by atoms with van der Waals surface area (Å²) >= 11 is 0. The van der Waals surface area contributed by atoms with Crippen LogP contribution in [0.3, 0.4) is 0 Å². The first-order valence-electron chi connectivity index (χ1n) is 6.20. The van der Waals surface area contributed by atoms with Gasteiger partial charge in [0, 0.05) is 11.6 Å². The van der Waals surface area contributed by atoms with Crippen molar-refractivity contribution in [3.05, 3.63) is 66.9 Å². The van der Waals surface area contributed by atoms with Crippen LogP contribution >= 0.6 is 0 Å². The Bertz CT molecular complexity index is 736. The molecule has 1 heterocycles. The topological polar surface area (TPSA) is 51.2 Å². The van der Waals surface area contributed by atoms with Crippen molar-refractivity contribution in [3.63, 3.8) is 0 Å². The monoisotopic (exact) mass is 264 g/mol. The van der Waals surface area contributed by atoms with Gasteiger partial charge in [-0.3, -0.25) is 5.32 Å². The SMILES string of the molecule is O=C(Nc1nccc2ccccc12)Oc1ccccc1. The predicted molar refractivity (Wildman–Crippen MR) is 77.8 cm³/mol. The zero-order chi connectivity index (χ0) is 13.8. The van der Waals surface area contributed by atoms with E-state index in [0.29, 0.717) is 11.6 Å². The lowest BCUT2D eigenvalue weighted by atomic mass is 10.1. The van der Waals surface area contributed by atoms with E-state index in [1.54, 1.807) is 30.5 Å². The number of benzene rings is 2. The number of ether oxygens (including phenoxy) is 1. The van der Waals surface area contributed by atoms with E-state index in [0.717, 1.165) is 10.8 Å². The first-order valence-corrected chi connectivity index (χ1v) is 6.20. The van der Waals surface area contributed by atoms with Gasteiger partial charge in [0.15, 0.2) is 0 Å². The highest BCUT2D eigenvalue weighted by molar-refractivity contribution is 5.98. The number of fused-ring (bicyclic) bond motifs is 1. The molecule has 0 aliphatic carbocycles. The molecule has 0 fully saturated rings. The minimum absolute atomic E-state index is 0.490. The molecule has 4 heteroatoms. The number of pyridine rings is 1. The van der Waals surface area contributed by atoms with E-state index in [2.05, 4.69) is 10.3 Å². The van der Waals surface area contributed by atoms with Crippen molar-refractivity contribution < 1.29 is 9.53 Å². The highest BCUT2D eigenvalue weighted by Gasteiger charge is 2.08. The van der Waals surface area contributed by atoms with E-state index < -0.39 is 6.09 Å². The summed E-state index contributed by atoms with van der Waals surface area (Å²) < 4.78 is 5.18. The zero-order valence-electron chi connectivity index (χ0n) is 10.6. The lowest BCUT2D eigenvalue weighted by molar-refractivity contribution is 0.215. The second-order valence-electron chi connectivity index (χ2n) is 4.21. The van der Waals surface area contributed by atoms with Gasteiger partial charge in [-0.1, -0.05) is 42.5 Å². The third kappa shape index (κ3) is 2.59. The van der Waals surface area contributed by atoms with Crippen LogP contribution in [0.4, 0.5) is 10.6 Å². The number of amides is 1. The Morgan fingerprint density at radius 1 is 0.950 bits per heavy atom. The van der Waals surface area contributed by atoms with Gasteiger partial charge in [-0.15, -0.1) is 0 Å². The van der Waals surface area contributed by atoms with Gasteiger partial charge in [-0.05, 0) is 23.6 Å². The number of para-hydroxylation sites is 1. The van der Waals surface area contributed by atoms with E-state index in [1.807, 2.05) is 36.4 Å². The third-order valence-corrected chi connectivity index (χ3v) is 2.85. The summed E-state index contributed by atoms with van der Waals surface area (Å²) in [5, 5.41) is 4.55. The van der Waals surface area contributed by atoms with Crippen LogP contribution in [-0.4, -0.2) is 11.1 Å². The number of rotatable bonds is 2. The Kier molecular flexibility index (Phi) is 3.29. The molecule has 2 aromatic carbocycles. The van der Waals surface area contributed by atoms with Gasteiger partial charge in [0.05, 0.1) is 0 Å². The minimum Gasteiger partial charge on any atom is -0.410 e. The number of anilines is 1. The van der Waals surface area contributed by atoms with Crippen LogP contribution in [0.25, 0.3) is 10.8 Å². The summed E-state index contributed by atoms with van der Waals surface area (Å²) in [6.07, 6.45) is 1.10. The number of aromatic nitrogens is 1. The molecule has 0 unspecified atom stereocenters. The second-order valence-corrected chi connectivity index (χ2v) is 4.21. The maximum absolute atomic E-state index is 11.9. The molecular weight excluding hydrogens is 252 g/mol. The number of carbonyl (C=O) groups is 1. The van der Waals surface area contributed by atoms with Crippen molar-refractivity contribution in [2.24, 2.45) is 0 Å². The summed E-state index contributed by atoms with van der Waals surface area (Å²) in [4.78, 5) is 16.0. The summed E-state index contributed by atoms with van der Waals surface area (Å²) in [5.74, 6) is 0.981. The van der Waals surface area contributed by atoms with Gasteiger partial charge < -0.3 is 4.74 Å². The zero-order valence-corrected chi connectivity index (χ0v) is 10.6. The molecule has 1 N–H and O–H groups in total. The maximum Gasteiger partial charge on any atom is 0.418 e. The molecule has 0 aliphatic heterocycles. The van der Waals surface area contributed by atoms with Crippen LogP contribution < -0.4 is 10.1 Å². The van der Waals surface area contributed by atoms with E-state index >= 15 is 0 Å². The Balaban J connectivity index is 1.81. The summed E-state index contributed by atoms with van der Waals surface area (Å²) in [6.45, 7) is 0. The highest BCUT2D eigenvalue weighted by Crippen LogP contribution is 2.20. The predicted octanol–water partition coefficient (Wildman–Crippen LogP) is 3.85. The summed E-state index contributed by atoms with van der Waals surface area (Å²) in [6, 6.07) is 18.5. The van der Waals surface area contributed by atoms with E-state index in [9.17, 15) is 4.79 Å². The normalized spacial score (nSPS) is 10.2. The molecule has 3 aromatic rings. The molecule has 0 radical (unpaired) electrons. The molecule has 0 spiro atoms. The van der Waals surface area contributed by atoms with Crippen molar-refractivity contribution in [2.45, 2.75) is 0 Å². The van der Waals surface area contributed by atoms with Gasteiger partial charge in [-0.25, -0.2) is 9.78 Å². The number of hydrogen-bond acceptors (Lipinski definition) is 3. The van der Waals surface area contributed by atoms with Crippen molar-refractivity contribution in [2.75, 3.05) is 5.32 Å². The Labute approximate surface area is 116 Å². The van der Waals surface area contributed by atoms with Crippen molar-refractivity contribution in [1.29, 1.82) is 0 Å². The van der Waals surface area contributed by atoms with Crippen molar-refractivity contribution in [1.82, 2.24) is 4.98 Å². The fourth-order valence-electron chi connectivity index (χ4n) is 1.94. The average molecular weight is 264 g/mol.